The normalized spacial score (nSPS) is 13.4. The Morgan fingerprint density at radius 2 is 1.00 bits per heavy atom. The van der Waals surface area contributed by atoms with Crippen molar-refractivity contribution in [3.05, 3.63) is 150 Å². The predicted octanol–water partition coefficient (Wildman–Crippen LogP) is 6.79. The molecule has 0 saturated heterocycles. The number of hydrogen-bond acceptors (Lipinski definition) is 6. The monoisotopic (exact) mass is 668 g/mol. The fourth-order valence-electron chi connectivity index (χ4n) is 6.16. The molecule has 0 fully saturated rings. The number of allylic oxidation sites excluding steroid dienone is 2. The van der Waals surface area contributed by atoms with Crippen LogP contribution in [0.25, 0.3) is 5.57 Å². The van der Waals surface area contributed by atoms with Crippen LogP contribution in [0.2, 0.25) is 0 Å². The molecular weight excluding hydrogens is 620 g/mol. The largest absolute Gasteiger partial charge is 0.372 e. The summed E-state index contributed by atoms with van der Waals surface area (Å²) in [6.45, 7) is 12.5. The van der Waals surface area contributed by atoms with Crippen LogP contribution in [0.15, 0.2) is 127 Å². The summed E-state index contributed by atoms with van der Waals surface area (Å²) >= 11 is 0. The lowest BCUT2D eigenvalue weighted by molar-refractivity contribution is -1.92. The summed E-state index contributed by atoms with van der Waals surface area (Å²) in [5, 5.41) is 0. The Balaban J connectivity index is 1.84. The molecule has 0 saturated carbocycles. The highest BCUT2D eigenvalue weighted by atomic mass is 35.7. The molecule has 0 spiro atoms. The molecule has 1 unspecified atom stereocenters. The molecule has 0 bridgehead atoms. The van der Waals surface area contributed by atoms with E-state index in [2.05, 4.69) is 61.8 Å². The van der Waals surface area contributed by atoms with Gasteiger partial charge in [-0.2, -0.15) is 14.0 Å². The second-order valence-electron chi connectivity index (χ2n) is 11.9. The smallest absolute Gasteiger partial charge is 0.292 e. The molecule has 4 rings (SSSR count). The number of halogens is 1. The molecular formula is C41H49ClN2O4. The van der Waals surface area contributed by atoms with E-state index in [1.54, 1.807) is 36.4 Å². The average molecular weight is 669 g/mol. The third-order valence-electron chi connectivity index (χ3n) is 8.28. The van der Waals surface area contributed by atoms with E-state index in [1.165, 1.54) is 5.69 Å². The van der Waals surface area contributed by atoms with Crippen LogP contribution in [-0.4, -0.2) is 26.2 Å². The molecule has 48 heavy (non-hydrogen) atoms. The molecule has 4 aromatic carbocycles. The van der Waals surface area contributed by atoms with Crippen molar-refractivity contribution in [2.75, 3.05) is 36.0 Å². The van der Waals surface area contributed by atoms with E-state index < -0.39 is 15.8 Å². The lowest BCUT2D eigenvalue weighted by atomic mass is 9.85. The molecule has 0 heterocycles. The molecule has 1 atom stereocenters. The fraction of sp³-hybridized carbons (Fsp3) is 0.317. The maximum Gasteiger partial charge on any atom is 0.292 e. The van der Waals surface area contributed by atoms with Gasteiger partial charge in [0.1, 0.15) is 0 Å². The second kappa shape index (κ2) is 18.0. The molecule has 0 amide bonds. The molecule has 0 aliphatic rings. The minimum atomic E-state index is -4.81. The van der Waals surface area contributed by atoms with Crippen molar-refractivity contribution < 1.29 is 28.5 Å². The van der Waals surface area contributed by atoms with Crippen LogP contribution in [0, 0.1) is 10.2 Å². The van der Waals surface area contributed by atoms with E-state index in [4.69, 9.17) is 4.29 Å². The van der Waals surface area contributed by atoms with Gasteiger partial charge in [-0.05, 0) is 72.7 Å². The van der Waals surface area contributed by atoms with Gasteiger partial charge >= 0.3 is 0 Å². The van der Waals surface area contributed by atoms with Crippen molar-refractivity contribution in [3.63, 3.8) is 0 Å². The quantitative estimate of drug-likeness (QED) is 0.109. The number of rotatable bonds is 18. The first kappa shape index (κ1) is 36.9. The molecule has 0 aromatic heterocycles. The van der Waals surface area contributed by atoms with E-state index in [1.807, 2.05) is 66.7 Å². The van der Waals surface area contributed by atoms with Crippen molar-refractivity contribution >= 4 is 16.9 Å². The summed E-state index contributed by atoms with van der Waals surface area (Å²) in [5.74, 6) is 0. The summed E-state index contributed by atoms with van der Waals surface area (Å²) in [5.41, 5.74) is 4.52. The van der Waals surface area contributed by atoms with Gasteiger partial charge in [-0.1, -0.05) is 125 Å². The van der Waals surface area contributed by atoms with E-state index in [-0.39, 0.29) is 0 Å². The third kappa shape index (κ3) is 9.82. The molecule has 254 valence electrons. The number of benzene rings is 4. The summed E-state index contributed by atoms with van der Waals surface area (Å²) in [7, 11) is -4.81. The molecule has 0 aliphatic heterocycles. The summed E-state index contributed by atoms with van der Waals surface area (Å²) < 4.78 is 42.7. The number of nitrogens with zero attached hydrogens (tertiary/aromatic N) is 2. The van der Waals surface area contributed by atoms with Crippen LogP contribution in [0.1, 0.15) is 75.6 Å². The highest BCUT2D eigenvalue weighted by Crippen LogP contribution is 2.38. The molecule has 0 radical (unpaired) electrons. The van der Waals surface area contributed by atoms with Gasteiger partial charge in [-0.25, -0.2) is 0 Å². The molecule has 0 aliphatic carbocycles. The van der Waals surface area contributed by atoms with E-state index in [0.29, 0.717) is 11.1 Å². The highest BCUT2D eigenvalue weighted by molar-refractivity contribution is 5.81. The van der Waals surface area contributed by atoms with Crippen LogP contribution >= 0.6 is 0 Å². The van der Waals surface area contributed by atoms with Gasteiger partial charge in [0.25, 0.3) is 5.60 Å². The van der Waals surface area contributed by atoms with Crippen molar-refractivity contribution in [2.45, 2.75) is 59.0 Å². The van der Waals surface area contributed by atoms with Gasteiger partial charge in [-0.15, -0.1) is 0 Å². The zero-order valence-corrected chi connectivity index (χ0v) is 29.4. The zero-order valence-electron chi connectivity index (χ0n) is 28.7. The molecule has 0 N–H and O–H groups in total. The van der Waals surface area contributed by atoms with Gasteiger partial charge in [0.15, 0.2) is 0 Å². The van der Waals surface area contributed by atoms with Gasteiger partial charge < -0.3 is 9.80 Å². The Hall–Kier alpha value is -3.91. The first-order valence-corrected chi connectivity index (χ1v) is 18.3. The van der Waals surface area contributed by atoms with Gasteiger partial charge in [0.05, 0.1) is 14.5 Å². The number of hydrogen-bond donors (Lipinski definition) is 0. The lowest BCUT2D eigenvalue weighted by Gasteiger charge is -2.29. The Morgan fingerprint density at radius 1 is 0.583 bits per heavy atom. The standard InChI is InChI=1S/C41H49ClN2O4/c1-5-30-43(31-6-2)38-25-21-35(22-26-38)40(34-16-11-9-12-17-34)20-15-29-41(48-42(45,46)47,36-18-13-10-14-19-36)37-23-27-39(28-24-37)44(32-7-3)33-8-4/h9-29H,5-8,30-33H2,1-4H3. The van der Waals surface area contributed by atoms with Crippen LogP contribution in [0.5, 0.6) is 0 Å². The first-order valence-electron chi connectivity index (χ1n) is 17.1. The van der Waals surface area contributed by atoms with Gasteiger partial charge in [0.2, 0.25) is 0 Å². The van der Waals surface area contributed by atoms with Gasteiger partial charge in [0, 0.05) is 48.7 Å². The molecule has 6 nitrogen and oxygen atoms in total. The minimum Gasteiger partial charge on any atom is -0.372 e. The van der Waals surface area contributed by atoms with Crippen molar-refractivity contribution in [3.8, 4) is 0 Å². The van der Waals surface area contributed by atoms with Crippen molar-refractivity contribution in [1.29, 1.82) is 0 Å². The summed E-state index contributed by atoms with van der Waals surface area (Å²) in [4.78, 5) is 4.70. The maximum absolute atomic E-state index is 12.4. The van der Waals surface area contributed by atoms with Crippen molar-refractivity contribution in [2.24, 2.45) is 0 Å². The Labute approximate surface area is 289 Å². The predicted molar refractivity (Wildman–Crippen MR) is 189 cm³/mol. The maximum atomic E-state index is 12.4. The van der Waals surface area contributed by atoms with Crippen LogP contribution in [0.4, 0.5) is 11.4 Å². The van der Waals surface area contributed by atoms with Crippen LogP contribution in [-0.2, 0) is 9.89 Å². The summed E-state index contributed by atoms with van der Waals surface area (Å²) in [6, 6.07) is 35.3. The van der Waals surface area contributed by atoms with Crippen LogP contribution in [0.3, 0.4) is 0 Å². The lowest BCUT2D eigenvalue weighted by Crippen LogP contribution is -2.63. The van der Waals surface area contributed by atoms with E-state index >= 15 is 0 Å². The van der Waals surface area contributed by atoms with E-state index in [9.17, 15) is 14.0 Å². The Kier molecular flexibility index (Phi) is 13.9. The molecule has 4 aromatic rings. The number of anilines is 2. The third-order valence-corrected chi connectivity index (χ3v) is 8.71. The Morgan fingerprint density at radius 3 is 1.46 bits per heavy atom. The second-order valence-corrected chi connectivity index (χ2v) is 12.8. The first-order chi connectivity index (χ1) is 23.2. The van der Waals surface area contributed by atoms with E-state index in [0.717, 1.165) is 74.2 Å². The van der Waals surface area contributed by atoms with Crippen molar-refractivity contribution in [1.82, 2.24) is 0 Å². The van der Waals surface area contributed by atoms with Crippen LogP contribution < -0.4 is 23.8 Å². The average Bonchev–Trinajstić information content (AvgIpc) is 3.10. The Bertz CT molecular complexity index is 1560. The minimum absolute atomic E-state index is 0.519. The van der Waals surface area contributed by atoms with Gasteiger partial charge in [-0.3, -0.25) is 0 Å². The fourth-order valence-corrected chi connectivity index (χ4v) is 6.68. The SMILES string of the molecule is CCCN(CCC)c1ccc(C(=CC=CC(O[Cl+3]([O-])([O-])[O-])(c2ccccc2)c2ccc(N(CCC)CCC)cc2)c2ccccc2)cc1. The zero-order chi connectivity index (χ0) is 34.4. The molecule has 7 heteroatoms. The topological polar surface area (TPSA) is 84.9 Å². The summed E-state index contributed by atoms with van der Waals surface area (Å²) in [6.07, 6.45) is 9.56. The highest BCUT2D eigenvalue weighted by Gasteiger charge is 2.47.